The number of nitrogens with one attached hydrogen (secondary N) is 2. The van der Waals surface area contributed by atoms with Crippen molar-refractivity contribution in [2.75, 3.05) is 32.7 Å². The molecule has 0 bridgehead atoms. The standard InChI is InChI=1S/C16H34N4/c1-6-17-15(19-16(3,4)5)18-11-8-14-9-12-20(7-2)13-10-14/h14H,6-13H2,1-5H3,(H2,17,18,19). The molecule has 20 heavy (non-hydrogen) atoms. The van der Waals surface area contributed by atoms with E-state index in [1.165, 1.54) is 38.9 Å². The molecular weight excluding hydrogens is 248 g/mol. The predicted molar refractivity (Wildman–Crippen MR) is 88.3 cm³/mol. The van der Waals surface area contributed by atoms with Crippen LogP contribution in [0.1, 0.15) is 53.9 Å². The van der Waals surface area contributed by atoms with Gasteiger partial charge in [0, 0.05) is 18.6 Å². The van der Waals surface area contributed by atoms with E-state index in [2.05, 4.69) is 50.2 Å². The summed E-state index contributed by atoms with van der Waals surface area (Å²) in [5.41, 5.74) is 0.0630. The van der Waals surface area contributed by atoms with Gasteiger partial charge in [-0.15, -0.1) is 0 Å². The van der Waals surface area contributed by atoms with Crippen LogP contribution < -0.4 is 10.6 Å². The van der Waals surface area contributed by atoms with Crippen molar-refractivity contribution in [3.8, 4) is 0 Å². The molecule has 1 aliphatic rings. The molecular formula is C16H34N4. The van der Waals surface area contributed by atoms with Gasteiger partial charge < -0.3 is 15.5 Å². The molecule has 0 aromatic rings. The molecule has 1 rings (SSSR count). The summed E-state index contributed by atoms with van der Waals surface area (Å²) >= 11 is 0. The summed E-state index contributed by atoms with van der Waals surface area (Å²) in [6.07, 6.45) is 3.90. The van der Waals surface area contributed by atoms with Gasteiger partial charge in [0.25, 0.3) is 0 Å². The van der Waals surface area contributed by atoms with Crippen LogP contribution in [0.15, 0.2) is 4.99 Å². The molecule has 4 heteroatoms. The molecule has 1 saturated heterocycles. The first-order valence-electron chi connectivity index (χ1n) is 8.23. The van der Waals surface area contributed by atoms with Crippen molar-refractivity contribution in [2.45, 2.75) is 59.4 Å². The second kappa shape index (κ2) is 8.50. The van der Waals surface area contributed by atoms with E-state index in [0.717, 1.165) is 25.0 Å². The fraction of sp³-hybridized carbons (Fsp3) is 0.938. The van der Waals surface area contributed by atoms with Gasteiger partial charge in [-0.3, -0.25) is 4.99 Å². The van der Waals surface area contributed by atoms with Crippen LogP contribution in [0.4, 0.5) is 0 Å². The third-order valence-corrected chi connectivity index (χ3v) is 3.80. The topological polar surface area (TPSA) is 39.7 Å². The van der Waals surface area contributed by atoms with E-state index in [9.17, 15) is 0 Å². The molecule has 0 saturated carbocycles. The molecule has 0 unspecified atom stereocenters. The number of piperidine rings is 1. The third kappa shape index (κ3) is 7.13. The number of nitrogens with zero attached hydrogens (tertiary/aromatic N) is 2. The minimum Gasteiger partial charge on any atom is -0.357 e. The summed E-state index contributed by atoms with van der Waals surface area (Å²) in [7, 11) is 0. The molecule has 1 fully saturated rings. The van der Waals surface area contributed by atoms with Crippen LogP contribution in [0.2, 0.25) is 0 Å². The van der Waals surface area contributed by atoms with Gasteiger partial charge in [-0.1, -0.05) is 6.92 Å². The Morgan fingerprint density at radius 3 is 2.35 bits per heavy atom. The van der Waals surface area contributed by atoms with Gasteiger partial charge in [0.2, 0.25) is 0 Å². The highest BCUT2D eigenvalue weighted by atomic mass is 15.2. The maximum Gasteiger partial charge on any atom is 0.191 e. The lowest BCUT2D eigenvalue weighted by molar-refractivity contribution is 0.188. The summed E-state index contributed by atoms with van der Waals surface area (Å²) in [6.45, 7) is 16.5. The Hall–Kier alpha value is -0.770. The zero-order valence-electron chi connectivity index (χ0n) is 14.1. The molecule has 0 aromatic heterocycles. The van der Waals surface area contributed by atoms with Crippen LogP contribution in [0, 0.1) is 5.92 Å². The first kappa shape index (κ1) is 17.3. The van der Waals surface area contributed by atoms with Gasteiger partial charge in [-0.2, -0.15) is 0 Å². The fourth-order valence-corrected chi connectivity index (χ4v) is 2.61. The first-order chi connectivity index (χ1) is 9.44. The first-order valence-corrected chi connectivity index (χ1v) is 8.23. The van der Waals surface area contributed by atoms with E-state index < -0.39 is 0 Å². The van der Waals surface area contributed by atoms with Crippen LogP contribution >= 0.6 is 0 Å². The van der Waals surface area contributed by atoms with E-state index >= 15 is 0 Å². The minimum atomic E-state index is 0.0630. The van der Waals surface area contributed by atoms with Crippen molar-refractivity contribution in [3.05, 3.63) is 0 Å². The van der Waals surface area contributed by atoms with Crippen LogP contribution in [0.3, 0.4) is 0 Å². The minimum absolute atomic E-state index is 0.0630. The van der Waals surface area contributed by atoms with Crippen molar-refractivity contribution < 1.29 is 0 Å². The Kier molecular flexibility index (Phi) is 7.35. The number of aliphatic imine (C=N–C) groups is 1. The van der Waals surface area contributed by atoms with E-state index in [1.54, 1.807) is 0 Å². The van der Waals surface area contributed by atoms with Crippen LogP contribution in [-0.4, -0.2) is 49.1 Å². The van der Waals surface area contributed by atoms with Crippen LogP contribution in [-0.2, 0) is 0 Å². The molecule has 0 aliphatic carbocycles. The normalized spacial score (nSPS) is 19.1. The lowest BCUT2D eigenvalue weighted by Crippen LogP contribution is -2.47. The number of likely N-dealkylation sites (tertiary alicyclic amines) is 1. The monoisotopic (exact) mass is 282 g/mol. The summed E-state index contributed by atoms with van der Waals surface area (Å²) in [5.74, 6) is 1.81. The van der Waals surface area contributed by atoms with Crippen molar-refractivity contribution in [1.82, 2.24) is 15.5 Å². The lowest BCUT2D eigenvalue weighted by Gasteiger charge is -2.30. The number of hydrogen-bond donors (Lipinski definition) is 2. The highest BCUT2D eigenvalue weighted by Gasteiger charge is 2.17. The average Bonchev–Trinajstić information content (AvgIpc) is 2.38. The van der Waals surface area contributed by atoms with Gasteiger partial charge in [0.15, 0.2) is 5.96 Å². The Morgan fingerprint density at radius 1 is 1.20 bits per heavy atom. The molecule has 1 heterocycles. The van der Waals surface area contributed by atoms with Crippen molar-refractivity contribution in [2.24, 2.45) is 10.9 Å². The van der Waals surface area contributed by atoms with Crippen molar-refractivity contribution in [3.63, 3.8) is 0 Å². The Bertz CT molecular complexity index is 285. The zero-order chi connectivity index (χ0) is 15.0. The predicted octanol–water partition coefficient (Wildman–Crippen LogP) is 2.46. The SMILES string of the molecule is CCNC(=NCCC1CCN(CC)CC1)NC(C)(C)C. The van der Waals surface area contributed by atoms with Crippen LogP contribution in [0.25, 0.3) is 0 Å². The van der Waals surface area contributed by atoms with Gasteiger partial charge in [0.1, 0.15) is 0 Å². The van der Waals surface area contributed by atoms with Gasteiger partial charge in [0.05, 0.1) is 0 Å². The highest BCUT2D eigenvalue weighted by Crippen LogP contribution is 2.20. The Labute approximate surface area is 125 Å². The zero-order valence-corrected chi connectivity index (χ0v) is 14.1. The molecule has 2 N–H and O–H groups in total. The fourth-order valence-electron chi connectivity index (χ4n) is 2.61. The van der Waals surface area contributed by atoms with E-state index in [1.807, 2.05) is 0 Å². The summed E-state index contributed by atoms with van der Waals surface area (Å²) in [4.78, 5) is 7.26. The smallest absolute Gasteiger partial charge is 0.191 e. The van der Waals surface area contributed by atoms with Crippen molar-refractivity contribution in [1.29, 1.82) is 0 Å². The molecule has 0 radical (unpaired) electrons. The summed E-state index contributed by atoms with van der Waals surface area (Å²) in [5, 5.41) is 6.77. The molecule has 0 amide bonds. The maximum atomic E-state index is 4.71. The third-order valence-electron chi connectivity index (χ3n) is 3.80. The summed E-state index contributed by atoms with van der Waals surface area (Å²) < 4.78 is 0. The molecule has 0 aromatic carbocycles. The quantitative estimate of drug-likeness (QED) is 0.601. The van der Waals surface area contributed by atoms with E-state index in [0.29, 0.717) is 0 Å². The van der Waals surface area contributed by atoms with Gasteiger partial charge in [-0.05, 0) is 72.5 Å². The lowest BCUT2D eigenvalue weighted by atomic mass is 9.94. The maximum absolute atomic E-state index is 4.71. The van der Waals surface area contributed by atoms with Gasteiger partial charge in [-0.25, -0.2) is 0 Å². The molecule has 0 spiro atoms. The highest BCUT2D eigenvalue weighted by molar-refractivity contribution is 5.80. The molecule has 0 atom stereocenters. The van der Waals surface area contributed by atoms with Crippen LogP contribution in [0.5, 0.6) is 0 Å². The second-order valence-electron chi connectivity index (χ2n) is 6.80. The Morgan fingerprint density at radius 2 is 1.85 bits per heavy atom. The van der Waals surface area contributed by atoms with E-state index in [-0.39, 0.29) is 5.54 Å². The number of rotatable bonds is 5. The second-order valence-corrected chi connectivity index (χ2v) is 6.80. The average molecular weight is 282 g/mol. The van der Waals surface area contributed by atoms with Gasteiger partial charge >= 0.3 is 0 Å². The summed E-state index contributed by atoms with van der Waals surface area (Å²) in [6, 6.07) is 0. The van der Waals surface area contributed by atoms with E-state index in [4.69, 9.17) is 4.99 Å². The molecule has 1 aliphatic heterocycles. The largest absolute Gasteiger partial charge is 0.357 e. The Balaban J connectivity index is 2.33. The molecule has 4 nitrogen and oxygen atoms in total. The van der Waals surface area contributed by atoms with Crippen molar-refractivity contribution >= 4 is 5.96 Å². The number of hydrogen-bond acceptors (Lipinski definition) is 2. The molecule has 118 valence electrons. The number of guanidine groups is 1.